The van der Waals surface area contributed by atoms with Crippen LogP contribution in [-0.4, -0.2) is 78.5 Å². The Kier molecular flexibility index (Phi) is 19.2. The highest BCUT2D eigenvalue weighted by Gasteiger charge is 2.35. The number of quaternary nitrogens is 1. The predicted octanol–water partition coefficient (Wildman–Crippen LogP) is 7.06. The molecule has 1 unspecified atom stereocenters. The van der Waals surface area contributed by atoms with Crippen molar-refractivity contribution in [3.8, 4) is 0 Å². The summed E-state index contributed by atoms with van der Waals surface area (Å²) in [7, 11) is 2.49. The number of piperazine rings is 1. The molecule has 1 fully saturated rings. The Balaban J connectivity index is 0.00000625. The number of nitrogens with zero attached hydrogens (tertiary/aromatic N) is 3. The standard InChI is InChI=1S/C40H67N4O2S.HI/c1-5-7-9-11-13-15-17-19-23-34(24-20-18-16-14-12-10-8-6-2)40(45)46-33-44(3)29-27-43(28-30-44)39-35-31-47(4)32-38(35)41-36-25-21-22-26-37(36)42-39;/h21-22,25-26,31,34,41H,5-20,23-24,27-30,32-33H2,1-4H3;1H/q+1;/p-1. The normalized spacial score (nSPS) is 18.3. The Hall–Kier alpha value is -1.39. The van der Waals surface area contributed by atoms with Gasteiger partial charge in [0, 0.05) is 17.0 Å². The zero-order chi connectivity index (χ0) is 33.3. The van der Waals surface area contributed by atoms with Crippen LogP contribution in [0.4, 0.5) is 11.4 Å². The van der Waals surface area contributed by atoms with Crippen molar-refractivity contribution in [3.63, 3.8) is 0 Å². The molecule has 272 valence electrons. The fraction of sp³-hybridized carbons (Fsp3) is 0.725. The first kappa shape index (κ1) is 41.0. The number of carbonyl (C=O) groups excluding carboxylic acids is 1. The van der Waals surface area contributed by atoms with E-state index in [1.807, 2.05) is 0 Å². The molecule has 8 heteroatoms. The number of benzene rings is 1. The lowest BCUT2D eigenvalue weighted by molar-refractivity contribution is -0.929. The van der Waals surface area contributed by atoms with Crippen LogP contribution in [0.3, 0.4) is 0 Å². The van der Waals surface area contributed by atoms with Crippen molar-refractivity contribution in [3.05, 3.63) is 35.5 Å². The van der Waals surface area contributed by atoms with Gasteiger partial charge in [-0.25, -0.2) is 4.99 Å². The zero-order valence-electron chi connectivity index (χ0n) is 30.9. The molecule has 0 amide bonds. The summed E-state index contributed by atoms with van der Waals surface area (Å²) in [6.07, 6.45) is 25.2. The van der Waals surface area contributed by atoms with E-state index >= 15 is 0 Å². The number of hydrogen-bond donors (Lipinski definition) is 1. The molecule has 6 nitrogen and oxygen atoms in total. The Morgan fingerprint density at radius 3 is 2.00 bits per heavy atom. The summed E-state index contributed by atoms with van der Waals surface area (Å²) >= 11 is 0. The summed E-state index contributed by atoms with van der Waals surface area (Å²) in [6.45, 7) is 8.76. The lowest BCUT2D eigenvalue weighted by Crippen LogP contribution is -3.00. The number of likely N-dealkylation sites (N-methyl/N-ethyl adjacent to an activating group) is 1. The molecule has 0 bridgehead atoms. The summed E-state index contributed by atoms with van der Waals surface area (Å²) < 4.78 is 6.96. The van der Waals surface area contributed by atoms with E-state index < -0.39 is 0 Å². The van der Waals surface area contributed by atoms with E-state index in [9.17, 15) is 4.79 Å². The molecule has 3 aliphatic rings. The quantitative estimate of drug-likeness (QED) is 0.0477. The van der Waals surface area contributed by atoms with E-state index in [4.69, 9.17) is 9.73 Å². The lowest BCUT2D eigenvalue weighted by Gasteiger charge is -2.42. The van der Waals surface area contributed by atoms with Gasteiger partial charge in [-0.2, -0.15) is 10.5 Å². The highest BCUT2D eigenvalue weighted by molar-refractivity contribution is 8.15. The monoisotopic (exact) mass is 794 g/mol. The average molecular weight is 795 g/mol. The van der Waals surface area contributed by atoms with Crippen molar-refractivity contribution in [2.45, 2.75) is 129 Å². The molecule has 1 N–H and O–H groups in total. The minimum atomic E-state index is 0. The third kappa shape index (κ3) is 13.4. The smallest absolute Gasteiger partial charge is 0.313 e. The molecular weight excluding hydrogens is 727 g/mol. The number of unbranched alkanes of at least 4 members (excludes halogenated alkanes) is 14. The lowest BCUT2D eigenvalue weighted by atomic mass is 9.94. The fourth-order valence-electron chi connectivity index (χ4n) is 7.22. The number of anilines is 1. The van der Waals surface area contributed by atoms with Crippen LogP contribution in [0.1, 0.15) is 129 Å². The second-order valence-corrected chi connectivity index (χ2v) is 16.7. The van der Waals surface area contributed by atoms with Crippen LogP contribution in [0, 0.1) is 5.92 Å². The van der Waals surface area contributed by atoms with E-state index in [0.29, 0.717) is 6.73 Å². The maximum atomic E-state index is 13.5. The fourth-order valence-corrected chi connectivity index (χ4v) is 8.64. The first-order chi connectivity index (χ1) is 22.9. The first-order valence-corrected chi connectivity index (χ1v) is 21.2. The molecular formula is C40H67IN4O2S. The Morgan fingerprint density at radius 1 is 0.875 bits per heavy atom. The molecule has 0 aromatic heterocycles. The number of carbonyl (C=O) groups is 1. The summed E-state index contributed by atoms with van der Waals surface area (Å²) in [5, 5.41) is 6.11. The van der Waals surface area contributed by atoms with Crippen molar-refractivity contribution in [2.75, 3.05) is 57.3 Å². The van der Waals surface area contributed by atoms with Gasteiger partial charge in [-0.05, 0) is 36.6 Å². The van der Waals surface area contributed by atoms with Gasteiger partial charge in [0.1, 0.15) is 5.84 Å². The molecule has 4 rings (SSSR count). The van der Waals surface area contributed by atoms with E-state index in [-0.39, 0.29) is 46.3 Å². The minimum Gasteiger partial charge on any atom is -1.00 e. The van der Waals surface area contributed by atoms with Crippen LogP contribution in [0.25, 0.3) is 0 Å². The minimum absolute atomic E-state index is 0. The number of para-hydroxylation sites is 2. The predicted molar refractivity (Wildman–Crippen MR) is 205 cm³/mol. The van der Waals surface area contributed by atoms with Crippen LogP contribution in [0.15, 0.2) is 40.5 Å². The molecule has 0 spiro atoms. The molecule has 0 aliphatic carbocycles. The summed E-state index contributed by atoms with van der Waals surface area (Å²) in [5.74, 6) is 2.27. The SMILES string of the molecule is CCCCCCCCCCC(CCCCCCCCCC)C(=O)OC[N+]1(C)CCN(C2=Nc3ccccc3NC3=C2C=S(C)C3)CC1.[I-]. The second-order valence-electron chi connectivity index (χ2n) is 14.8. The summed E-state index contributed by atoms with van der Waals surface area (Å²) in [5.41, 5.74) is 4.69. The number of fused-ring (bicyclic) bond motifs is 1. The topological polar surface area (TPSA) is 53.9 Å². The number of aliphatic imine (C=N–C) groups is 1. The molecule has 0 radical (unpaired) electrons. The summed E-state index contributed by atoms with van der Waals surface area (Å²) in [6, 6.07) is 8.39. The van der Waals surface area contributed by atoms with Crippen LogP contribution in [-0.2, 0) is 9.53 Å². The van der Waals surface area contributed by atoms with Gasteiger partial charge in [0.25, 0.3) is 0 Å². The van der Waals surface area contributed by atoms with Crippen LogP contribution < -0.4 is 29.3 Å². The maximum Gasteiger partial charge on any atom is 0.313 e. The highest BCUT2D eigenvalue weighted by Crippen LogP contribution is 2.36. The van der Waals surface area contributed by atoms with Crippen LogP contribution in [0.2, 0.25) is 0 Å². The van der Waals surface area contributed by atoms with Gasteiger partial charge < -0.3 is 38.9 Å². The molecule has 1 saturated heterocycles. The number of rotatable bonds is 21. The van der Waals surface area contributed by atoms with Gasteiger partial charge in [0.15, 0.2) is 0 Å². The number of hydrogen-bond acceptors (Lipinski definition) is 5. The first-order valence-electron chi connectivity index (χ1n) is 19.3. The molecule has 1 aromatic rings. The Bertz CT molecular complexity index is 1190. The molecule has 48 heavy (non-hydrogen) atoms. The number of halogens is 1. The van der Waals surface area contributed by atoms with Gasteiger partial charge in [-0.15, -0.1) is 0 Å². The molecule has 3 aliphatic heterocycles. The van der Waals surface area contributed by atoms with E-state index in [1.54, 1.807) is 0 Å². The van der Waals surface area contributed by atoms with E-state index in [1.165, 1.54) is 101 Å². The van der Waals surface area contributed by atoms with E-state index in [0.717, 1.165) is 79.3 Å². The van der Waals surface area contributed by atoms with Crippen molar-refractivity contribution >= 4 is 39.0 Å². The Morgan fingerprint density at radius 2 is 1.42 bits per heavy atom. The maximum absolute atomic E-state index is 13.5. The van der Waals surface area contributed by atoms with Crippen molar-refractivity contribution in [2.24, 2.45) is 10.9 Å². The number of ether oxygens (including phenoxy) is 1. The van der Waals surface area contributed by atoms with Crippen LogP contribution in [0.5, 0.6) is 0 Å². The molecule has 0 saturated carbocycles. The highest BCUT2D eigenvalue weighted by atomic mass is 127. The summed E-state index contributed by atoms with van der Waals surface area (Å²) in [4.78, 5) is 21.2. The number of esters is 1. The largest absolute Gasteiger partial charge is 1.00 e. The second kappa shape index (κ2) is 22.4. The van der Waals surface area contributed by atoms with Gasteiger partial charge in [0.2, 0.25) is 6.73 Å². The van der Waals surface area contributed by atoms with Gasteiger partial charge in [-0.3, -0.25) is 9.28 Å². The van der Waals surface area contributed by atoms with E-state index in [2.05, 4.69) is 67.0 Å². The average Bonchev–Trinajstić information content (AvgIpc) is 3.36. The number of amidine groups is 1. The Labute approximate surface area is 313 Å². The molecule has 3 heterocycles. The number of nitrogens with one attached hydrogen (secondary N) is 1. The van der Waals surface area contributed by atoms with Crippen LogP contribution >= 0.6 is 10.5 Å². The molecule has 1 aromatic carbocycles. The van der Waals surface area contributed by atoms with Crippen molar-refractivity contribution in [1.82, 2.24) is 4.90 Å². The third-order valence-electron chi connectivity index (χ3n) is 10.5. The third-order valence-corrected chi connectivity index (χ3v) is 11.8. The van der Waals surface area contributed by atoms with Crippen molar-refractivity contribution in [1.29, 1.82) is 0 Å². The zero-order valence-corrected chi connectivity index (χ0v) is 33.9. The van der Waals surface area contributed by atoms with Crippen molar-refractivity contribution < 1.29 is 38.0 Å². The molecule has 1 atom stereocenters. The van der Waals surface area contributed by atoms with Gasteiger partial charge >= 0.3 is 5.97 Å². The van der Waals surface area contributed by atoms with Gasteiger partial charge in [0.05, 0.1) is 50.5 Å². The van der Waals surface area contributed by atoms with Gasteiger partial charge in [-0.1, -0.05) is 129 Å².